The molecule has 4 aromatic carbocycles. The predicted molar refractivity (Wildman–Crippen MR) is 162 cm³/mol. The van der Waals surface area contributed by atoms with E-state index in [1.54, 1.807) is 23.2 Å². The molecule has 0 spiro atoms. The maximum atomic E-state index is 14.4. The van der Waals surface area contributed by atoms with Crippen LogP contribution < -0.4 is 10.2 Å². The van der Waals surface area contributed by atoms with E-state index in [2.05, 4.69) is 5.48 Å². The molecule has 0 bridgehead atoms. The van der Waals surface area contributed by atoms with Gasteiger partial charge in [0, 0.05) is 24.7 Å². The number of pyridine rings is 1. The van der Waals surface area contributed by atoms with Gasteiger partial charge in [0.2, 0.25) is 0 Å². The van der Waals surface area contributed by atoms with Gasteiger partial charge >= 0.3 is 0 Å². The van der Waals surface area contributed by atoms with Crippen molar-refractivity contribution in [1.82, 2.24) is 15.4 Å². The molecule has 0 aliphatic carbocycles. The summed E-state index contributed by atoms with van der Waals surface area (Å²) in [5.74, 6) is 0.716. The number of hydrogen-bond acceptors (Lipinski definition) is 5. The first-order chi connectivity index (χ1) is 20.9. The summed E-state index contributed by atoms with van der Waals surface area (Å²) < 4.78 is 20.6. The molecular weight excluding hydrogens is 541 g/mol. The summed E-state index contributed by atoms with van der Waals surface area (Å²) in [5, 5.41) is 0.872. The summed E-state index contributed by atoms with van der Waals surface area (Å²) in [5.41, 5.74) is 8.09. The van der Waals surface area contributed by atoms with Crippen molar-refractivity contribution in [2.45, 2.75) is 38.6 Å². The Hall–Kier alpha value is -5.01. The Morgan fingerprint density at radius 2 is 1.65 bits per heavy atom. The average molecular weight is 572 g/mol. The Morgan fingerprint density at radius 3 is 2.28 bits per heavy atom. The number of carbonyl (C=O) groups is 1. The number of nitrogens with one attached hydrogen (secondary N) is 1. The van der Waals surface area contributed by atoms with Crippen LogP contribution in [0.15, 0.2) is 115 Å². The average Bonchev–Trinajstić information content (AvgIpc) is 3.55. The molecule has 0 fully saturated rings. The maximum Gasteiger partial charge on any atom is 0.258 e. The zero-order valence-electron chi connectivity index (χ0n) is 23.9. The second-order valence-corrected chi connectivity index (χ2v) is 11.2. The fourth-order valence-corrected chi connectivity index (χ4v) is 6.26. The molecule has 5 aromatic rings. The summed E-state index contributed by atoms with van der Waals surface area (Å²) in [7, 11) is 0. The first-order valence-electron chi connectivity index (χ1n) is 14.3. The van der Waals surface area contributed by atoms with E-state index < -0.39 is 11.6 Å². The molecule has 2 aliphatic heterocycles. The van der Waals surface area contributed by atoms with E-state index in [0.29, 0.717) is 29.9 Å². The molecule has 0 radical (unpaired) electrons. The minimum atomic E-state index is -0.710. The van der Waals surface area contributed by atoms with E-state index in [4.69, 9.17) is 14.6 Å². The second-order valence-electron chi connectivity index (χ2n) is 11.2. The van der Waals surface area contributed by atoms with Gasteiger partial charge < -0.3 is 14.5 Å². The zero-order valence-corrected chi connectivity index (χ0v) is 23.9. The Morgan fingerprint density at radius 1 is 0.977 bits per heavy atom. The summed E-state index contributed by atoms with van der Waals surface area (Å²) in [4.78, 5) is 26.7. The number of ether oxygens (including phenoxy) is 1. The molecule has 1 unspecified atom stereocenters. The van der Waals surface area contributed by atoms with E-state index in [9.17, 15) is 9.18 Å². The van der Waals surface area contributed by atoms with Crippen LogP contribution in [0.1, 0.15) is 58.1 Å². The van der Waals surface area contributed by atoms with Crippen molar-refractivity contribution in [2.75, 3.05) is 0 Å². The Kier molecular flexibility index (Phi) is 6.67. The second kappa shape index (κ2) is 10.7. The smallest absolute Gasteiger partial charge is 0.258 e. The number of carbonyl (C=O) groups excluding carboxylic acids is 1. The van der Waals surface area contributed by atoms with Crippen molar-refractivity contribution in [1.29, 1.82) is 0 Å². The molecule has 1 N–H and O–H groups in total. The first kappa shape index (κ1) is 26.9. The summed E-state index contributed by atoms with van der Waals surface area (Å²) in [6.07, 6.45) is 3.27. The highest BCUT2D eigenvalue weighted by Crippen LogP contribution is 2.47. The SMILES string of the molecule is CC1=CC(C)(c2c3c(c(OC(c4ccccc4)c4ccccc4)c4ncccc24)C(=O)N(Cc2ccc(F)cc2)C3)NO1. The van der Waals surface area contributed by atoms with Crippen LogP contribution in [0, 0.1) is 5.82 Å². The lowest BCUT2D eigenvalue weighted by Crippen LogP contribution is -2.34. The summed E-state index contributed by atoms with van der Waals surface area (Å²) in [6.45, 7) is 4.61. The van der Waals surface area contributed by atoms with Crippen molar-refractivity contribution in [3.05, 3.63) is 154 Å². The van der Waals surface area contributed by atoms with Crippen molar-refractivity contribution in [2.24, 2.45) is 0 Å². The van der Waals surface area contributed by atoms with Crippen LogP contribution in [0.3, 0.4) is 0 Å². The molecule has 0 saturated heterocycles. The van der Waals surface area contributed by atoms with Gasteiger partial charge in [-0.1, -0.05) is 78.9 Å². The minimum Gasteiger partial charge on any atom is -0.478 e. The van der Waals surface area contributed by atoms with E-state index in [0.717, 1.165) is 39.0 Å². The summed E-state index contributed by atoms with van der Waals surface area (Å²) >= 11 is 0. The van der Waals surface area contributed by atoms with E-state index in [1.807, 2.05) is 92.7 Å². The third kappa shape index (κ3) is 4.81. The number of halogens is 1. The standard InChI is InChI=1S/C36H30FN3O3/c1-23-20-36(2,39-43-23)31-28-14-9-19-38-32(28)34(42-33(25-10-5-3-6-11-25)26-12-7-4-8-13-26)30-29(31)22-40(35(30)41)21-24-15-17-27(37)18-16-24/h3-20,33,39H,21-22H2,1-2H3. The largest absolute Gasteiger partial charge is 0.478 e. The van der Waals surface area contributed by atoms with Crippen LogP contribution in [0.4, 0.5) is 4.39 Å². The van der Waals surface area contributed by atoms with Gasteiger partial charge in [0.05, 0.1) is 11.1 Å². The zero-order chi connectivity index (χ0) is 29.6. The fourth-order valence-electron chi connectivity index (χ4n) is 6.26. The monoisotopic (exact) mass is 571 g/mol. The first-order valence-corrected chi connectivity index (χ1v) is 14.3. The molecule has 43 heavy (non-hydrogen) atoms. The number of fused-ring (bicyclic) bond motifs is 2. The van der Waals surface area contributed by atoms with E-state index >= 15 is 0 Å². The molecular formula is C36H30FN3O3. The van der Waals surface area contributed by atoms with Crippen LogP contribution >= 0.6 is 0 Å². The van der Waals surface area contributed by atoms with Gasteiger partial charge in [0.25, 0.3) is 5.91 Å². The number of aromatic nitrogens is 1. The third-order valence-corrected chi connectivity index (χ3v) is 8.14. The van der Waals surface area contributed by atoms with Gasteiger partial charge in [-0.05, 0) is 65.9 Å². The van der Waals surface area contributed by atoms with E-state index in [-0.39, 0.29) is 11.7 Å². The number of amides is 1. The molecule has 0 saturated carbocycles. The molecule has 214 valence electrons. The molecule has 3 heterocycles. The van der Waals surface area contributed by atoms with Crippen molar-refractivity contribution in [3.8, 4) is 5.75 Å². The van der Waals surface area contributed by atoms with Crippen molar-refractivity contribution < 1.29 is 18.8 Å². The number of hydrogen-bond donors (Lipinski definition) is 1. The highest BCUT2D eigenvalue weighted by molar-refractivity contribution is 6.08. The molecule has 7 rings (SSSR count). The highest BCUT2D eigenvalue weighted by atomic mass is 19.1. The number of allylic oxidation sites excluding steroid dienone is 1. The molecule has 2 aliphatic rings. The lowest BCUT2D eigenvalue weighted by atomic mass is 9.83. The molecule has 1 atom stereocenters. The molecule has 6 nitrogen and oxygen atoms in total. The Labute approximate surface area is 249 Å². The van der Waals surface area contributed by atoms with Crippen LogP contribution in [0.2, 0.25) is 0 Å². The highest BCUT2D eigenvalue weighted by Gasteiger charge is 2.43. The van der Waals surface area contributed by atoms with Gasteiger partial charge in [0.1, 0.15) is 23.2 Å². The number of hydroxylamine groups is 1. The third-order valence-electron chi connectivity index (χ3n) is 8.14. The van der Waals surface area contributed by atoms with Gasteiger partial charge in [-0.15, -0.1) is 5.48 Å². The normalized spacial score (nSPS) is 17.7. The number of rotatable bonds is 7. The van der Waals surface area contributed by atoms with Crippen LogP contribution in [0.5, 0.6) is 5.75 Å². The van der Waals surface area contributed by atoms with Crippen molar-refractivity contribution in [3.63, 3.8) is 0 Å². The van der Waals surface area contributed by atoms with Crippen LogP contribution in [-0.2, 0) is 23.5 Å². The predicted octanol–water partition coefficient (Wildman–Crippen LogP) is 7.35. The molecule has 1 amide bonds. The Bertz CT molecular complexity index is 1820. The van der Waals surface area contributed by atoms with Gasteiger partial charge in [0.15, 0.2) is 5.75 Å². The molecule has 1 aromatic heterocycles. The van der Waals surface area contributed by atoms with Crippen LogP contribution in [0.25, 0.3) is 10.9 Å². The van der Waals surface area contributed by atoms with Gasteiger partial charge in [-0.25, -0.2) is 4.39 Å². The number of nitrogens with zero attached hydrogens (tertiary/aromatic N) is 2. The maximum absolute atomic E-state index is 14.4. The summed E-state index contributed by atoms with van der Waals surface area (Å²) in [6, 6.07) is 30.1. The quantitative estimate of drug-likeness (QED) is 0.221. The van der Waals surface area contributed by atoms with Crippen molar-refractivity contribution >= 4 is 16.8 Å². The lowest BCUT2D eigenvalue weighted by Gasteiger charge is -2.28. The van der Waals surface area contributed by atoms with E-state index in [1.165, 1.54) is 12.1 Å². The van der Waals surface area contributed by atoms with Gasteiger partial charge in [-0.3, -0.25) is 9.78 Å². The topological polar surface area (TPSA) is 63.7 Å². The molecule has 7 heteroatoms. The minimum absolute atomic E-state index is 0.161. The Balaban J connectivity index is 1.44. The lowest BCUT2D eigenvalue weighted by molar-refractivity contribution is 0.0761. The number of benzene rings is 4. The fraction of sp³-hybridized carbons (Fsp3) is 0.167. The van der Waals surface area contributed by atoms with Gasteiger partial charge in [-0.2, -0.15) is 0 Å². The van der Waals surface area contributed by atoms with Crippen LogP contribution in [-0.4, -0.2) is 15.8 Å².